The molecule has 1 aromatic carbocycles. The van der Waals surface area contributed by atoms with Crippen LogP contribution in [0.3, 0.4) is 0 Å². The maximum Gasteiger partial charge on any atom is 0.407 e. The van der Waals surface area contributed by atoms with Gasteiger partial charge in [0, 0.05) is 5.41 Å². The number of carbonyl (C=O) groups is 1. The van der Waals surface area contributed by atoms with Crippen LogP contribution in [0.5, 0.6) is 5.75 Å². The SMILES string of the molecule is COc1ccc([C@@H]2NC(=O)OCC2(C)C)cc1F.Cl. The topological polar surface area (TPSA) is 47.6 Å². The van der Waals surface area contributed by atoms with Gasteiger partial charge in [-0.1, -0.05) is 19.9 Å². The van der Waals surface area contributed by atoms with Crippen LogP contribution in [0.2, 0.25) is 0 Å². The second-order valence-electron chi connectivity index (χ2n) is 5.04. The van der Waals surface area contributed by atoms with Gasteiger partial charge in [0.1, 0.15) is 6.61 Å². The number of carbonyl (C=O) groups excluding carboxylic acids is 1. The number of cyclic esters (lactones) is 1. The summed E-state index contributed by atoms with van der Waals surface area (Å²) >= 11 is 0. The third kappa shape index (κ3) is 3.10. The molecule has 1 aromatic rings. The van der Waals surface area contributed by atoms with Crippen molar-refractivity contribution in [1.82, 2.24) is 5.32 Å². The predicted octanol–water partition coefficient (Wildman–Crippen LogP) is 3.06. The Balaban J connectivity index is 0.00000180. The molecule has 0 aliphatic carbocycles. The minimum Gasteiger partial charge on any atom is -0.494 e. The first kappa shape index (κ1) is 15.6. The Morgan fingerprint density at radius 3 is 2.74 bits per heavy atom. The summed E-state index contributed by atoms with van der Waals surface area (Å²) in [6.07, 6.45) is -0.476. The Labute approximate surface area is 117 Å². The molecule has 1 aliphatic heterocycles. The van der Waals surface area contributed by atoms with Gasteiger partial charge < -0.3 is 14.8 Å². The molecular weight excluding hydrogens is 273 g/mol. The monoisotopic (exact) mass is 289 g/mol. The second kappa shape index (κ2) is 5.65. The summed E-state index contributed by atoms with van der Waals surface area (Å²) in [5.41, 5.74) is 0.407. The Morgan fingerprint density at radius 1 is 1.47 bits per heavy atom. The minimum atomic E-state index is -0.476. The Hall–Kier alpha value is -1.49. The first-order valence-corrected chi connectivity index (χ1v) is 5.71. The summed E-state index contributed by atoms with van der Waals surface area (Å²) in [5, 5.41) is 2.72. The molecule has 2 rings (SSSR count). The maximum absolute atomic E-state index is 13.7. The van der Waals surface area contributed by atoms with Crippen LogP contribution in [0.1, 0.15) is 25.5 Å². The molecule has 1 atom stereocenters. The van der Waals surface area contributed by atoms with E-state index in [1.165, 1.54) is 13.2 Å². The lowest BCUT2D eigenvalue weighted by Crippen LogP contribution is -2.46. The molecule has 0 radical (unpaired) electrons. The summed E-state index contributed by atoms with van der Waals surface area (Å²) in [7, 11) is 1.41. The largest absolute Gasteiger partial charge is 0.494 e. The van der Waals surface area contributed by atoms with Crippen LogP contribution in [-0.4, -0.2) is 19.8 Å². The fourth-order valence-corrected chi connectivity index (χ4v) is 2.09. The molecule has 0 saturated carbocycles. The molecule has 4 nitrogen and oxygen atoms in total. The highest BCUT2D eigenvalue weighted by atomic mass is 35.5. The van der Waals surface area contributed by atoms with E-state index in [4.69, 9.17) is 9.47 Å². The number of benzene rings is 1. The molecule has 6 heteroatoms. The second-order valence-corrected chi connectivity index (χ2v) is 5.04. The third-order valence-corrected chi connectivity index (χ3v) is 3.13. The highest BCUT2D eigenvalue weighted by Gasteiger charge is 2.38. The van der Waals surface area contributed by atoms with Crippen LogP contribution in [0.25, 0.3) is 0 Å². The van der Waals surface area contributed by atoms with Crippen molar-refractivity contribution in [1.29, 1.82) is 0 Å². The number of nitrogens with one attached hydrogen (secondary N) is 1. The van der Waals surface area contributed by atoms with E-state index in [-0.39, 0.29) is 29.6 Å². The smallest absolute Gasteiger partial charge is 0.407 e. The zero-order chi connectivity index (χ0) is 13.3. The van der Waals surface area contributed by atoms with Crippen LogP contribution in [0, 0.1) is 11.2 Å². The van der Waals surface area contributed by atoms with Gasteiger partial charge in [0.05, 0.1) is 13.2 Å². The summed E-state index contributed by atoms with van der Waals surface area (Å²) in [4.78, 5) is 11.3. The lowest BCUT2D eigenvalue weighted by molar-refractivity contribution is 0.0386. The van der Waals surface area contributed by atoms with E-state index in [0.29, 0.717) is 12.2 Å². The lowest BCUT2D eigenvalue weighted by atomic mass is 9.80. The fraction of sp³-hybridized carbons (Fsp3) is 0.462. The first-order chi connectivity index (χ1) is 8.44. The van der Waals surface area contributed by atoms with Crippen molar-refractivity contribution in [2.45, 2.75) is 19.9 Å². The molecule has 0 unspecified atom stereocenters. The van der Waals surface area contributed by atoms with Gasteiger partial charge in [0.2, 0.25) is 0 Å². The summed E-state index contributed by atoms with van der Waals surface area (Å²) in [6.45, 7) is 4.22. The van der Waals surface area contributed by atoms with Crippen LogP contribution in [-0.2, 0) is 4.74 Å². The van der Waals surface area contributed by atoms with Gasteiger partial charge in [-0.05, 0) is 17.7 Å². The number of amides is 1. The normalized spacial score (nSPS) is 20.8. The quantitative estimate of drug-likeness (QED) is 0.910. The number of methoxy groups -OCH3 is 1. The molecule has 1 amide bonds. The summed E-state index contributed by atoms with van der Waals surface area (Å²) < 4.78 is 23.5. The van der Waals surface area contributed by atoms with Crippen molar-refractivity contribution in [3.05, 3.63) is 29.6 Å². The molecule has 1 N–H and O–H groups in total. The number of alkyl carbamates (subject to hydrolysis) is 1. The van der Waals surface area contributed by atoms with Crippen LogP contribution in [0.15, 0.2) is 18.2 Å². The van der Waals surface area contributed by atoms with Crippen LogP contribution in [0.4, 0.5) is 9.18 Å². The van der Waals surface area contributed by atoms with Crippen molar-refractivity contribution in [3.8, 4) is 5.75 Å². The van der Waals surface area contributed by atoms with E-state index in [1.54, 1.807) is 12.1 Å². The van der Waals surface area contributed by atoms with E-state index in [1.807, 2.05) is 13.8 Å². The molecule has 19 heavy (non-hydrogen) atoms. The molecule has 1 heterocycles. The number of ether oxygens (including phenoxy) is 2. The number of hydrogen-bond donors (Lipinski definition) is 1. The van der Waals surface area contributed by atoms with Crippen LogP contribution < -0.4 is 10.1 Å². The molecule has 106 valence electrons. The molecule has 1 saturated heterocycles. The molecule has 0 bridgehead atoms. The van der Waals surface area contributed by atoms with Gasteiger partial charge in [-0.25, -0.2) is 9.18 Å². The zero-order valence-corrected chi connectivity index (χ0v) is 11.8. The van der Waals surface area contributed by atoms with Crippen molar-refractivity contribution in [3.63, 3.8) is 0 Å². The van der Waals surface area contributed by atoms with Crippen LogP contribution >= 0.6 is 12.4 Å². The minimum absolute atomic E-state index is 0. The van der Waals surface area contributed by atoms with E-state index < -0.39 is 11.9 Å². The van der Waals surface area contributed by atoms with Gasteiger partial charge in [-0.15, -0.1) is 12.4 Å². The first-order valence-electron chi connectivity index (χ1n) is 5.71. The van der Waals surface area contributed by atoms with E-state index in [9.17, 15) is 9.18 Å². The van der Waals surface area contributed by atoms with E-state index in [2.05, 4.69) is 5.32 Å². The Morgan fingerprint density at radius 2 is 2.16 bits per heavy atom. The Bertz CT molecular complexity index is 479. The molecule has 1 fully saturated rings. The lowest BCUT2D eigenvalue weighted by Gasteiger charge is -2.38. The van der Waals surface area contributed by atoms with Crippen molar-refractivity contribution < 1.29 is 18.7 Å². The summed E-state index contributed by atoms with van der Waals surface area (Å²) in [6, 6.07) is 4.42. The number of halogens is 2. The molecule has 1 aliphatic rings. The highest BCUT2D eigenvalue weighted by molar-refractivity contribution is 5.85. The third-order valence-electron chi connectivity index (χ3n) is 3.13. The van der Waals surface area contributed by atoms with Crippen molar-refractivity contribution in [2.75, 3.05) is 13.7 Å². The predicted molar refractivity (Wildman–Crippen MR) is 71.2 cm³/mol. The average molecular weight is 290 g/mol. The fourth-order valence-electron chi connectivity index (χ4n) is 2.09. The summed E-state index contributed by atoms with van der Waals surface area (Å²) in [5.74, 6) is -0.249. The van der Waals surface area contributed by atoms with E-state index in [0.717, 1.165) is 0 Å². The maximum atomic E-state index is 13.7. The highest BCUT2D eigenvalue weighted by Crippen LogP contribution is 2.37. The number of rotatable bonds is 2. The average Bonchev–Trinajstić information content (AvgIpc) is 2.32. The Kier molecular flexibility index (Phi) is 4.63. The van der Waals surface area contributed by atoms with Crippen molar-refractivity contribution in [2.24, 2.45) is 5.41 Å². The molecule has 0 spiro atoms. The number of hydrogen-bond acceptors (Lipinski definition) is 3. The van der Waals surface area contributed by atoms with Gasteiger partial charge in [-0.2, -0.15) is 0 Å². The standard InChI is InChI=1S/C13H16FNO3.ClH/c1-13(2)7-18-12(16)15-11(13)8-4-5-10(17-3)9(14)6-8;/h4-6,11H,7H2,1-3H3,(H,15,16);1H/t11-;/m0./s1. The van der Waals surface area contributed by atoms with Gasteiger partial charge in [0.25, 0.3) is 0 Å². The van der Waals surface area contributed by atoms with E-state index >= 15 is 0 Å². The molecule has 0 aromatic heterocycles. The molecular formula is C13H17ClFNO3. The van der Waals surface area contributed by atoms with Gasteiger partial charge in [-0.3, -0.25) is 0 Å². The van der Waals surface area contributed by atoms with Gasteiger partial charge >= 0.3 is 6.09 Å². The zero-order valence-electron chi connectivity index (χ0n) is 11.0. The van der Waals surface area contributed by atoms with Crippen molar-refractivity contribution >= 4 is 18.5 Å². The van der Waals surface area contributed by atoms with Gasteiger partial charge in [0.15, 0.2) is 11.6 Å².